The maximum atomic E-state index is 3.98. The van der Waals surface area contributed by atoms with E-state index < -0.39 is 0 Å². The van der Waals surface area contributed by atoms with Gasteiger partial charge < -0.3 is 0 Å². The smallest absolute Gasteiger partial charge is 0.0760 e. The molecule has 2 unspecified atom stereocenters. The van der Waals surface area contributed by atoms with E-state index in [0.29, 0.717) is 5.92 Å². The molecular weight excluding hydrogens is 272 g/mol. The molecule has 2 atom stereocenters. The first-order chi connectivity index (χ1) is 8.22. The highest BCUT2D eigenvalue weighted by Crippen LogP contribution is 2.59. The Kier molecular flexibility index (Phi) is 2.41. The summed E-state index contributed by atoms with van der Waals surface area (Å²) < 4.78 is -0.0381. The maximum Gasteiger partial charge on any atom is 0.0760 e. The van der Waals surface area contributed by atoms with E-state index in [2.05, 4.69) is 53.4 Å². The van der Waals surface area contributed by atoms with E-state index in [1.54, 1.807) is 0 Å². The molecule has 0 aliphatic heterocycles. The number of hydrogen-bond acceptors (Lipinski definition) is 0. The summed E-state index contributed by atoms with van der Waals surface area (Å²) in [5, 5.41) is 0. The molecule has 0 saturated heterocycles. The summed E-state index contributed by atoms with van der Waals surface area (Å²) in [5.74, 6) is 0.510. The fourth-order valence-electron chi connectivity index (χ4n) is 3.35. The highest BCUT2D eigenvalue weighted by Gasteiger charge is 2.46. The number of rotatable bonds is 2. The first-order valence-electron chi connectivity index (χ1n) is 6.00. The van der Waals surface area contributed by atoms with Gasteiger partial charge in [-0.15, -0.1) is 0 Å². The molecule has 4 rings (SSSR count). The lowest BCUT2D eigenvalue weighted by atomic mass is 9.63. The summed E-state index contributed by atoms with van der Waals surface area (Å²) in [6.45, 7) is 7.96. The summed E-state index contributed by atoms with van der Waals surface area (Å²) in [6.07, 6.45) is 6.34. The Labute approximate surface area is 111 Å². The third-order valence-corrected chi connectivity index (χ3v) is 5.33. The second-order valence-electron chi connectivity index (χ2n) is 4.76. The molecule has 17 heavy (non-hydrogen) atoms. The Morgan fingerprint density at radius 2 is 2.00 bits per heavy atom. The van der Waals surface area contributed by atoms with Crippen molar-refractivity contribution in [1.82, 2.24) is 0 Å². The van der Waals surface area contributed by atoms with Crippen LogP contribution < -0.4 is 0 Å². The highest BCUT2D eigenvalue weighted by atomic mass is 79.9. The van der Waals surface area contributed by atoms with Gasteiger partial charge in [-0.05, 0) is 35.1 Å². The Balaban J connectivity index is 2.34. The van der Waals surface area contributed by atoms with Gasteiger partial charge in [0.05, 0.1) is 4.32 Å². The Hall–Kier alpha value is -1.08. The molecular formula is C16H15Br. The van der Waals surface area contributed by atoms with Crippen LogP contribution in [0.15, 0.2) is 60.7 Å². The zero-order chi connectivity index (χ0) is 12.0. The topological polar surface area (TPSA) is 0 Å². The zero-order valence-corrected chi connectivity index (χ0v) is 11.3. The van der Waals surface area contributed by atoms with Gasteiger partial charge in [0.1, 0.15) is 0 Å². The third-order valence-electron chi connectivity index (χ3n) is 4.08. The van der Waals surface area contributed by atoms with Crippen molar-refractivity contribution in [3.63, 3.8) is 0 Å². The van der Waals surface area contributed by atoms with Crippen LogP contribution in [0.3, 0.4) is 0 Å². The summed E-state index contributed by atoms with van der Waals surface area (Å²) in [7, 11) is 0. The van der Waals surface area contributed by atoms with Crippen molar-refractivity contribution in [1.29, 1.82) is 0 Å². The van der Waals surface area contributed by atoms with Crippen molar-refractivity contribution in [2.75, 3.05) is 0 Å². The van der Waals surface area contributed by atoms with Crippen molar-refractivity contribution < 1.29 is 0 Å². The largest absolute Gasteiger partial charge is 0.0988 e. The summed E-state index contributed by atoms with van der Waals surface area (Å²) in [4.78, 5) is 0. The van der Waals surface area contributed by atoms with Gasteiger partial charge in [-0.2, -0.15) is 0 Å². The van der Waals surface area contributed by atoms with Crippen molar-refractivity contribution in [3.05, 3.63) is 71.8 Å². The quantitative estimate of drug-likeness (QED) is 0.683. The van der Waals surface area contributed by atoms with Crippen LogP contribution in [0, 0.1) is 0 Å². The summed E-state index contributed by atoms with van der Waals surface area (Å²) >= 11 is 3.96. The normalized spacial score (nSPS) is 30.1. The second-order valence-corrected chi connectivity index (χ2v) is 6.11. The average molecular weight is 287 g/mol. The Morgan fingerprint density at radius 3 is 2.71 bits per heavy atom. The lowest BCUT2D eigenvalue weighted by Crippen LogP contribution is -2.35. The monoisotopic (exact) mass is 286 g/mol. The van der Waals surface area contributed by atoms with Crippen LogP contribution in [0.1, 0.15) is 29.9 Å². The van der Waals surface area contributed by atoms with Gasteiger partial charge in [0, 0.05) is 5.92 Å². The molecule has 0 spiro atoms. The molecule has 0 N–H and O–H groups in total. The standard InChI is InChI=1S/C16H15Br/c1-3-11-12-9-10-16(17,14(11)4-2)15-8-6-5-7-13(12)15/h3-8,12H,1-2,9-10H2. The van der Waals surface area contributed by atoms with Crippen LogP contribution in [0.5, 0.6) is 0 Å². The van der Waals surface area contributed by atoms with Crippen molar-refractivity contribution in [2.45, 2.75) is 23.1 Å². The molecule has 1 aromatic carbocycles. The molecule has 1 heteroatoms. The molecule has 0 saturated carbocycles. The van der Waals surface area contributed by atoms with E-state index in [1.165, 1.54) is 28.7 Å². The van der Waals surface area contributed by atoms with Crippen LogP contribution in [0.2, 0.25) is 0 Å². The van der Waals surface area contributed by atoms with Crippen LogP contribution in [0.4, 0.5) is 0 Å². The number of alkyl halides is 1. The molecule has 0 radical (unpaired) electrons. The molecule has 2 bridgehead atoms. The Morgan fingerprint density at radius 1 is 1.24 bits per heavy atom. The minimum atomic E-state index is -0.0381. The van der Waals surface area contributed by atoms with Gasteiger partial charge in [-0.1, -0.05) is 65.5 Å². The molecule has 0 heterocycles. The van der Waals surface area contributed by atoms with Gasteiger partial charge in [-0.3, -0.25) is 0 Å². The Bertz CT molecular complexity index is 538. The van der Waals surface area contributed by atoms with Crippen LogP contribution in [0.25, 0.3) is 0 Å². The van der Waals surface area contributed by atoms with Crippen LogP contribution in [-0.2, 0) is 4.32 Å². The number of halogens is 1. The molecule has 0 fully saturated rings. The average Bonchev–Trinajstić information content (AvgIpc) is 2.38. The SMILES string of the molecule is C=CC1=C(C=C)C2(Br)CCC1c1ccccc12. The van der Waals surface area contributed by atoms with Gasteiger partial charge in [0.2, 0.25) is 0 Å². The van der Waals surface area contributed by atoms with E-state index in [4.69, 9.17) is 0 Å². The van der Waals surface area contributed by atoms with E-state index in [1.807, 2.05) is 12.2 Å². The van der Waals surface area contributed by atoms with E-state index in [-0.39, 0.29) is 4.32 Å². The minimum absolute atomic E-state index is 0.0381. The predicted octanol–water partition coefficient (Wildman–Crippen LogP) is 4.84. The molecule has 3 aliphatic carbocycles. The maximum absolute atomic E-state index is 3.98. The fraction of sp³-hybridized carbons (Fsp3) is 0.250. The molecule has 0 aromatic heterocycles. The fourth-order valence-corrected chi connectivity index (χ4v) is 4.33. The molecule has 3 aliphatic rings. The van der Waals surface area contributed by atoms with Gasteiger partial charge >= 0.3 is 0 Å². The summed E-state index contributed by atoms with van der Waals surface area (Å²) in [5.41, 5.74) is 5.53. The third kappa shape index (κ3) is 1.29. The first kappa shape index (κ1) is 11.0. The lowest BCUT2D eigenvalue weighted by Gasteiger charge is -2.46. The first-order valence-corrected chi connectivity index (χ1v) is 6.79. The van der Waals surface area contributed by atoms with Crippen LogP contribution >= 0.6 is 15.9 Å². The van der Waals surface area contributed by atoms with Gasteiger partial charge in [-0.25, -0.2) is 0 Å². The second kappa shape index (κ2) is 3.71. The molecule has 0 amide bonds. The van der Waals surface area contributed by atoms with Gasteiger partial charge in [0.15, 0.2) is 0 Å². The molecule has 86 valence electrons. The van der Waals surface area contributed by atoms with E-state index >= 15 is 0 Å². The van der Waals surface area contributed by atoms with Gasteiger partial charge in [0.25, 0.3) is 0 Å². The summed E-state index contributed by atoms with van der Waals surface area (Å²) in [6, 6.07) is 8.74. The number of fused-ring (bicyclic) bond motifs is 1. The van der Waals surface area contributed by atoms with Crippen molar-refractivity contribution >= 4 is 15.9 Å². The lowest BCUT2D eigenvalue weighted by molar-refractivity contribution is 0.497. The highest BCUT2D eigenvalue weighted by molar-refractivity contribution is 9.09. The number of allylic oxidation sites excluding steroid dienone is 4. The van der Waals surface area contributed by atoms with E-state index in [0.717, 1.165) is 6.42 Å². The van der Waals surface area contributed by atoms with Crippen LogP contribution in [-0.4, -0.2) is 0 Å². The molecule has 0 nitrogen and oxygen atoms in total. The molecule has 1 aromatic rings. The minimum Gasteiger partial charge on any atom is -0.0988 e. The van der Waals surface area contributed by atoms with Crippen molar-refractivity contribution in [2.24, 2.45) is 0 Å². The predicted molar refractivity (Wildman–Crippen MR) is 76.4 cm³/mol. The van der Waals surface area contributed by atoms with Crippen molar-refractivity contribution in [3.8, 4) is 0 Å². The number of hydrogen-bond donors (Lipinski definition) is 0. The van der Waals surface area contributed by atoms with E-state index in [9.17, 15) is 0 Å². The zero-order valence-electron chi connectivity index (χ0n) is 9.75. The number of benzene rings is 1.